The molecule has 1 amide bonds. The lowest BCUT2D eigenvalue weighted by molar-refractivity contribution is -0.137. The quantitative estimate of drug-likeness (QED) is 0.606. The molecule has 0 aliphatic rings. The highest BCUT2D eigenvalue weighted by molar-refractivity contribution is 14.1. The van der Waals surface area contributed by atoms with Crippen molar-refractivity contribution < 1.29 is 18.0 Å². The SMILES string of the molecule is O=C(CCc1cccc(I)c1)Nc1ccc(Cl)c(C(F)(F)F)c1. The summed E-state index contributed by atoms with van der Waals surface area (Å²) in [5.41, 5.74) is 0.114. The highest BCUT2D eigenvalue weighted by atomic mass is 127. The summed E-state index contributed by atoms with van der Waals surface area (Å²) in [5, 5.41) is 2.07. The van der Waals surface area contributed by atoms with Crippen LogP contribution in [-0.4, -0.2) is 5.91 Å². The van der Waals surface area contributed by atoms with Crippen molar-refractivity contribution in [2.45, 2.75) is 19.0 Å². The second-order valence-corrected chi connectivity index (χ2v) is 6.52. The standard InChI is InChI=1S/C16H12ClF3INO/c17-14-6-5-12(9-13(14)16(18,19)20)22-15(23)7-4-10-2-1-3-11(21)8-10/h1-3,5-6,8-9H,4,7H2,(H,22,23). The average Bonchev–Trinajstić information content (AvgIpc) is 2.46. The minimum atomic E-state index is -4.56. The number of halogens is 5. The van der Waals surface area contributed by atoms with Crippen molar-refractivity contribution in [3.8, 4) is 0 Å². The first-order chi connectivity index (χ1) is 10.8. The number of alkyl halides is 3. The fourth-order valence-corrected chi connectivity index (χ4v) is 2.83. The van der Waals surface area contributed by atoms with Gasteiger partial charge in [0.2, 0.25) is 5.91 Å². The summed E-state index contributed by atoms with van der Waals surface area (Å²) in [6, 6.07) is 11.0. The summed E-state index contributed by atoms with van der Waals surface area (Å²) < 4.78 is 39.4. The van der Waals surface area contributed by atoms with Gasteiger partial charge in [-0.1, -0.05) is 23.7 Å². The zero-order valence-electron chi connectivity index (χ0n) is 11.8. The van der Waals surface area contributed by atoms with Crippen LogP contribution in [0.25, 0.3) is 0 Å². The third-order valence-corrected chi connectivity index (χ3v) is 4.09. The molecule has 2 aromatic rings. The van der Waals surface area contributed by atoms with Crippen molar-refractivity contribution in [3.63, 3.8) is 0 Å². The predicted octanol–water partition coefficient (Wildman–Crippen LogP) is 5.53. The van der Waals surface area contributed by atoms with Gasteiger partial charge in [-0.2, -0.15) is 13.2 Å². The second-order valence-electron chi connectivity index (χ2n) is 4.87. The Morgan fingerprint density at radius 2 is 1.91 bits per heavy atom. The second kappa shape index (κ2) is 7.53. The molecular weight excluding hydrogens is 442 g/mol. The molecule has 23 heavy (non-hydrogen) atoms. The molecule has 0 saturated carbocycles. The number of amides is 1. The first-order valence-electron chi connectivity index (χ1n) is 6.67. The Labute approximate surface area is 150 Å². The third kappa shape index (κ3) is 5.39. The molecule has 0 aliphatic carbocycles. The topological polar surface area (TPSA) is 29.1 Å². The van der Waals surface area contributed by atoms with Gasteiger partial charge in [0.1, 0.15) is 0 Å². The van der Waals surface area contributed by atoms with E-state index in [1.54, 1.807) is 0 Å². The van der Waals surface area contributed by atoms with E-state index in [0.717, 1.165) is 21.3 Å². The highest BCUT2D eigenvalue weighted by Gasteiger charge is 2.33. The van der Waals surface area contributed by atoms with Gasteiger partial charge in [-0.05, 0) is 64.9 Å². The summed E-state index contributed by atoms with van der Waals surface area (Å²) in [4.78, 5) is 11.9. The molecule has 0 spiro atoms. The Morgan fingerprint density at radius 1 is 1.17 bits per heavy atom. The van der Waals surface area contributed by atoms with E-state index in [9.17, 15) is 18.0 Å². The lowest BCUT2D eigenvalue weighted by Gasteiger charge is -2.12. The number of hydrogen-bond acceptors (Lipinski definition) is 1. The number of rotatable bonds is 4. The normalized spacial score (nSPS) is 11.3. The van der Waals surface area contributed by atoms with Crippen LogP contribution < -0.4 is 5.32 Å². The van der Waals surface area contributed by atoms with Crippen molar-refractivity contribution in [2.75, 3.05) is 5.32 Å². The summed E-state index contributed by atoms with van der Waals surface area (Å²) in [7, 11) is 0. The number of carbonyl (C=O) groups is 1. The van der Waals surface area contributed by atoms with Crippen LogP contribution in [0.1, 0.15) is 17.5 Å². The van der Waals surface area contributed by atoms with Gasteiger partial charge in [-0.25, -0.2) is 0 Å². The molecule has 122 valence electrons. The average molecular weight is 454 g/mol. The molecule has 0 atom stereocenters. The molecule has 0 radical (unpaired) electrons. The molecule has 7 heteroatoms. The zero-order chi connectivity index (χ0) is 17.0. The number of aryl methyl sites for hydroxylation is 1. The lowest BCUT2D eigenvalue weighted by atomic mass is 10.1. The van der Waals surface area contributed by atoms with Crippen molar-refractivity contribution in [1.82, 2.24) is 0 Å². The summed E-state index contributed by atoms with van der Waals surface area (Å²) >= 11 is 7.72. The summed E-state index contributed by atoms with van der Waals surface area (Å²) in [5.74, 6) is -0.348. The van der Waals surface area contributed by atoms with Crippen molar-refractivity contribution in [1.29, 1.82) is 0 Å². The Bertz CT molecular complexity index is 719. The summed E-state index contributed by atoms with van der Waals surface area (Å²) in [6.45, 7) is 0. The number of hydrogen-bond donors (Lipinski definition) is 1. The van der Waals surface area contributed by atoms with Crippen LogP contribution in [0, 0.1) is 3.57 Å². The van der Waals surface area contributed by atoms with Gasteiger partial charge in [-0.15, -0.1) is 0 Å². The molecule has 1 N–H and O–H groups in total. The molecule has 0 bridgehead atoms. The third-order valence-electron chi connectivity index (χ3n) is 3.09. The Morgan fingerprint density at radius 3 is 2.57 bits per heavy atom. The minimum Gasteiger partial charge on any atom is -0.326 e. The molecule has 0 saturated heterocycles. The van der Waals surface area contributed by atoms with E-state index >= 15 is 0 Å². The molecule has 0 aromatic heterocycles. The largest absolute Gasteiger partial charge is 0.417 e. The van der Waals surface area contributed by atoms with Crippen LogP contribution in [0.3, 0.4) is 0 Å². The van der Waals surface area contributed by atoms with Gasteiger partial charge in [0, 0.05) is 15.7 Å². The lowest BCUT2D eigenvalue weighted by Crippen LogP contribution is -2.14. The van der Waals surface area contributed by atoms with Crippen LogP contribution in [0.15, 0.2) is 42.5 Å². The smallest absolute Gasteiger partial charge is 0.326 e. The number of anilines is 1. The van der Waals surface area contributed by atoms with E-state index < -0.39 is 16.8 Å². The van der Waals surface area contributed by atoms with Gasteiger partial charge in [-0.3, -0.25) is 4.79 Å². The Kier molecular flexibility index (Phi) is 5.91. The van der Waals surface area contributed by atoms with Crippen molar-refractivity contribution >= 4 is 45.8 Å². The minimum absolute atomic E-state index is 0.0781. The first-order valence-corrected chi connectivity index (χ1v) is 8.12. The molecule has 0 heterocycles. The molecule has 2 rings (SSSR count). The van der Waals surface area contributed by atoms with Gasteiger partial charge >= 0.3 is 6.18 Å². The van der Waals surface area contributed by atoms with Gasteiger partial charge in [0.25, 0.3) is 0 Å². The van der Waals surface area contributed by atoms with Crippen LogP contribution in [0.5, 0.6) is 0 Å². The fourth-order valence-electron chi connectivity index (χ4n) is 1.99. The molecule has 0 unspecified atom stereocenters. The Balaban J connectivity index is 2.00. The maximum atomic E-state index is 12.8. The van der Waals surface area contributed by atoms with E-state index in [4.69, 9.17) is 11.6 Å². The van der Waals surface area contributed by atoms with Crippen LogP contribution >= 0.6 is 34.2 Å². The first kappa shape index (κ1) is 18.1. The molecule has 2 aromatic carbocycles. The van der Waals surface area contributed by atoms with E-state index in [2.05, 4.69) is 27.9 Å². The molecular formula is C16H12ClF3INO. The van der Waals surface area contributed by atoms with Crippen LogP contribution in [0.2, 0.25) is 5.02 Å². The highest BCUT2D eigenvalue weighted by Crippen LogP contribution is 2.36. The fraction of sp³-hybridized carbons (Fsp3) is 0.188. The monoisotopic (exact) mass is 453 g/mol. The van der Waals surface area contributed by atoms with Crippen LogP contribution in [0.4, 0.5) is 18.9 Å². The number of carbonyl (C=O) groups excluding carboxylic acids is 1. The molecule has 0 aliphatic heterocycles. The van der Waals surface area contributed by atoms with E-state index in [1.807, 2.05) is 24.3 Å². The Hall–Kier alpha value is -1.28. The molecule has 2 nitrogen and oxygen atoms in total. The van der Waals surface area contributed by atoms with Crippen molar-refractivity contribution in [3.05, 3.63) is 62.2 Å². The molecule has 0 fully saturated rings. The zero-order valence-corrected chi connectivity index (χ0v) is 14.7. The number of nitrogens with one attached hydrogen (secondary N) is 1. The summed E-state index contributed by atoms with van der Waals surface area (Å²) in [6.07, 6.45) is -3.86. The van der Waals surface area contributed by atoms with E-state index in [1.165, 1.54) is 6.07 Å². The maximum Gasteiger partial charge on any atom is 0.417 e. The maximum absolute atomic E-state index is 12.8. The van der Waals surface area contributed by atoms with E-state index in [-0.39, 0.29) is 18.0 Å². The van der Waals surface area contributed by atoms with E-state index in [0.29, 0.717) is 6.42 Å². The van der Waals surface area contributed by atoms with Crippen molar-refractivity contribution in [2.24, 2.45) is 0 Å². The van der Waals surface area contributed by atoms with Gasteiger partial charge < -0.3 is 5.32 Å². The van der Waals surface area contributed by atoms with Gasteiger partial charge in [0.15, 0.2) is 0 Å². The van der Waals surface area contributed by atoms with Gasteiger partial charge in [0.05, 0.1) is 10.6 Å². The van der Waals surface area contributed by atoms with Crippen LogP contribution in [-0.2, 0) is 17.4 Å². The predicted molar refractivity (Wildman–Crippen MR) is 92.6 cm³/mol. The number of benzene rings is 2.